The van der Waals surface area contributed by atoms with E-state index >= 15 is 0 Å². The van der Waals surface area contributed by atoms with Crippen LogP contribution in [0, 0.1) is 6.92 Å². The minimum atomic E-state index is -0.105. The Morgan fingerprint density at radius 1 is 1.62 bits per heavy atom. The summed E-state index contributed by atoms with van der Waals surface area (Å²) in [5, 5.41) is 6.77. The molecule has 1 N–H and O–H groups in total. The lowest BCUT2D eigenvalue weighted by Gasteiger charge is -1.98. The summed E-state index contributed by atoms with van der Waals surface area (Å²) in [5.74, 6) is -0.105. The first-order valence-corrected chi connectivity index (χ1v) is 6.23. The van der Waals surface area contributed by atoms with E-state index in [2.05, 4.69) is 26.3 Å². The van der Waals surface area contributed by atoms with E-state index in [4.69, 9.17) is 0 Å². The first-order valence-electron chi connectivity index (χ1n) is 4.62. The van der Waals surface area contributed by atoms with Crippen LogP contribution in [-0.2, 0) is 7.05 Å². The van der Waals surface area contributed by atoms with E-state index in [1.807, 2.05) is 20.0 Å². The number of anilines is 1. The predicted molar refractivity (Wildman–Crippen MR) is 67.9 cm³/mol. The molecule has 4 nitrogen and oxygen atoms in total. The Bertz CT molecular complexity index is 512. The van der Waals surface area contributed by atoms with Gasteiger partial charge in [-0.3, -0.25) is 9.48 Å². The number of hydrogen-bond acceptors (Lipinski definition) is 3. The summed E-state index contributed by atoms with van der Waals surface area (Å²) in [6.07, 6.45) is 3.38. The van der Waals surface area contributed by atoms with Gasteiger partial charge in [0.25, 0.3) is 5.91 Å². The van der Waals surface area contributed by atoms with Crippen molar-refractivity contribution in [2.75, 3.05) is 5.32 Å². The molecule has 0 saturated carbocycles. The number of rotatable bonds is 2. The second-order valence-electron chi connectivity index (χ2n) is 3.42. The molecular weight excluding hydrogens is 290 g/mol. The lowest BCUT2D eigenvalue weighted by molar-refractivity contribution is 0.103. The SMILES string of the molecule is Cc1cc(C(=O)Nc2cnn(C)c2)sc1Br. The van der Waals surface area contributed by atoms with E-state index in [0.717, 1.165) is 9.35 Å². The highest BCUT2D eigenvalue weighted by atomic mass is 79.9. The molecule has 0 fully saturated rings. The van der Waals surface area contributed by atoms with Crippen molar-refractivity contribution in [1.82, 2.24) is 9.78 Å². The minimum absolute atomic E-state index is 0.105. The zero-order valence-electron chi connectivity index (χ0n) is 8.82. The van der Waals surface area contributed by atoms with Crippen LogP contribution in [0.5, 0.6) is 0 Å². The van der Waals surface area contributed by atoms with Crippen LogP contribution in [0.3, 0.4) is 0 Å². The van der Waals surface area contributed by atoms with E-state index in [9.17, 15) is 4.79 Å². The van der Waals surface area contributed by atoms with Crippen molar-refractivity contribution in [3.05, 3.63) is 32.7 Å². The summed E-state index contributed by atoms with van der Waals surface area (Å²) in [6, 6.07) is 1.86. The maximum atomic E-state index is 11.8. The largest absolute Gasteiger partial charge is 0.319 e. The maximum Gasteiger partial charge on any atom is 0.265 e. The van der Waals surface area contributed by atoms with Crippen LogP contribution in [0.25, 0.3) is 0 Å². The highest BCUT2D eigenvalue weighted by molar-refractivity contribution is 9.11. The number of nitrogens with zero attached hydrogens (tertiary/aromatic N) is 2. The molecule has 84 valence electrons. The van der Waals surface area contributed by atoms with Crippen molar-refractivity contribution in [3.63, 3.8) is 0 Å². The van der Waals surface area contributed by atoms with Gasteiger partial charge in [-0.1, -0.05) is 0 Å². The molecule has 2 aromatic rings. The highest BCUT2D eigenvalue weighted by Gasteiger charge is 2.11. The van der Waals surface area contributed by atoms with E-state index in [1.165, 1.54) is 11.3 Å². The first kappa shape index (κ1) is 11.3. The van der Waals surface area contributed by atoms with Crippen LogP contribution in [0.15, 0.2) is 22.2 Å². The summed E-state index contributed by atoms with van der Waals surface area (Å²) < 4.78 is 2.63. The fraction of sp³-hybridized carbons (Fsp3) is 0.200. The molecule has 0 spiro atoms. The average Bonchev–Trinajstić information content (AvgIpc) is 2.75. The van der Waals surface area contributed by atoms with Gasteiger partial charge in [0.05, 0.1) is 20.5 Å². The van der Waals surface area contributed by atoms with Gasteiger partial charge in [-0.05, 0) is 34.5 Å². The molecule has 6 heteroatoms. The Morgan fingerprint density at radius 3 is 2.88 bits per heavy atom. The molecule has 0 unspecified atom stereocenters. The normalized spacial score (nSPS) is 10.4. The Labute approximate surface area is 105 Å². The average molecular weight is 300 g/mol. The number of aryl methyl sites for hydroxylation is 2. The Morgan fingerprint density at radius 2 is 2.38 bits per heavy atom. The van der Waals surface area contributed by atoms with Crippen molar-refractivity contribution < 1.29 is 4.79 Å². The molecule has 0 aliphatic heterocycles. The van der Waals surface area contributed by atoms with Gasteiger partial charge in [0, 0.05) is 13.2 Å². The van der Waals surface area contributed by atoms with Crippen molar-refractivity contribution in [3.8, 4) is 0 Å². The van der Waals surface area contributed by atoms with Crippen LogP contribution >= 0.6 is 27.3 Å². The summed E-state index contributed by atoms with van der Waals surface area (Å²) >= 11 is 4.82. The van der Waals surface area contributed by atoms with Crippen LogP contribution < -0.4 is 5.32 Å². The van der Waals surface area contributed by atoms with E-state index in [1.54, 1.807) is 17.1 Å². The highest BCUT2D eigenvalue weighted by Crippen LogP contribution is 2.27. The van der Waals surface area contributed by atoms with E-state index in [-0.39, 0.29) is 5.91 Å². The fourth-order valence-electron chi connectivity index (χ4n) is 1.25. The lowest BCUT2D eigenvalue weighted by atomic mass is 10.3. The number of carbonyl (C=O) groups is 1. The second kappa shape index (κ2) is 4.39. The second-order valence-corrected chi connectivity index (χ2v) is 5.79. The van der Waals surface area contributed by atoms with Crippen LogP contribution in [0.2, 0.25) is 0 Å². The molecular formula is C10H10BrN3OS. The predicted octanol–water partition coefficient (Wildman–Crippen LogP) is 2.80. The summed E-state index contributed by atoms with van der Waals surface area (Å²) in [6.45, 7) is 1.96. The molecule has 0 aliphatic carbocycles. The molecule has 2 aromatic heterocycles. The number of thiophene rings is 1. The van der Waals surface area contributed by atoms with Gasteiger partial charge >= 0.3 is 0 Å². The van der Waals surface area contributed by atoms with Crippen LogP contribution in [0.4, 0.5) is 5.69 Å². The van der Waals surface area contributed by atoms with Crippen molar-refractivity contribution in [2.24, 2.45) is 7.05 Å². The monoisotopic (exact) mass is 299 g/mol. The maximum absolute atomic E-state index is 11.8. The van der Waals surface area contributed by atoms with Crippen molar-refractivity contribution in [1.29, 1.82) is 0 Å². The molecule has 0 saturated heterocycles. The Balaban J connectivity index is 2.14. The lowest BCUT2D eigenvalue weighted by Crippen LogP contribution is -2.09. The van der Waals surface area contributed by atoms with Gasteiger partial charge < -0.3 is 5.32 Å². The molecule has 0 bridgehead atoms. The quantitative estimate of drug-likeness (QED) is 0.927. The topological polar surface area (TPSA) is 46.9 Å². The number of aromatic nitrogens is 2. The standard InChI is InChI=1S/C10H10BrN3OS/c1-6-3-8(16-9(6)11)10(15)13-7-4-12-14(2)5-7/h3-5H,1-2H3,(H,13,15). The van der Waals surface area contributed by atoms with Gasteiger partial charge in [-0.15, -0.1) is 11.3 Å². The van der Waals surface area contributed by atoms with E-state index in [0.29, 0.717) is 10.6 Å². The number of carbonyl (C=O) groups excluding carboxylic acids is 1. The van der Waals surface area contributed by atoms with Crippen LogP contribution in [0.1, 0.15) is 15.2 Å². The third kappa shape index (κ3) is 2.33. The van der Waals surface area contributed by atoms with E-state index < -0.39 is 0 Å². The summed E-state index contributed by atoms with van der Waals surface area (Å²) in [5.41, 5.74) is 1.77. The molecule has 0 radical (unpaired) electrons. The molecule has 2 heterocycles. The number of halogens is 1. The third-order valence-corrected chi connectivity index (χ3v) is 4.18. The van der Waals surface area contributed by atoms with Gasteiger partial charge in [-0.2, -0.15) is 5.10 Å². The van der Waals surface area contributed by atoms with Crippen LogP contribution in [-0.4, -0.2) is 15.7 Å². The van der Waals surface area contributed by atoms with Crippen molar-refractivity contribution in [2.45, 2.75) is 6.92 Å². The number of amides is 1. The van der Waals surface area contributed by atoms with Crippen molar-refractivity contribution >= 4 is 38.9 Å². The zero-order chi connectivity index (χ0) is 11.7. The van der Waals surface area contributed by atoms with Gasteiger partial charge in [0.1, 0.15) is 0 Å². The Hall–Kier alpha value is -1.14. The van der Waals surface area contributed by atoms with Gasteiger partial charge in [-0.25, -0.2) is 0 Å². The van der Waals surface area contributed by atoms with Gasteiger partial charge in [0.2, 0.25) is 0 Å². The molecule has 16 heavy (non-hydrogen) atoms. The molecule has 1 amide bonds. The molecule has 2 rings (SSSR count). The number of hydrogen-bond donors (Lipinski definition) is 1. The Kier molecular flexibility index (Phi) is 3.11. The fourth-order valence-corrected chi connectivity index (χ4v) is 2.68. The minimum Gasteiger partial charge on any atom is -0.319 e. The molecule has 0 aliphatic rings. The van der Waals surface area contributed by atoms with Gasteiger partial charge in [0.15, 0.2) is 0 Å². The third-order valence-electron chi connectivity index (χ3n) is 2.04. The summed E-state index contributed by atoms with van der Waals surface area (Å²) in [4.78, 5) is 12.5. The smallest absolute Gasteiger partial charge is 0.265 e. The molecule has 0 atom stereocenters. The summed E-state index contributed by atoms with van der Waals surface area (Å²) in [7, 11) is 1.81. The number of nitrogens with one attached hydrogen (secondary N) is 1. The zero-order valence-corrected chi connectivity index (χ0v) is 11.2. The molecule has 0 aromatic carbocycles. The first-order chi connectivity index (χ1) is 7.56.